The van der Waals surface area contributed by atoms with Crippen LogP contribution in [0.3, 0.4) is 0 Å². The summed E-state index contributed by atoms with van der Waals surface area (Å²) < 4.78 is 0. The molecule has 0 bridgehead atoms. The van der Waals surface area contributed by atoms with Gasteiger partial charge >= 0.3 is 0 Å². The molecular formula is C14H31N. The second kappa shape index (κ2) is 10.5. The lowest BCUT2D eigenvalue weighted by Crippen LogP contribution is -2.10. The topological polar surface area (TPSA) is 26.0 Å². The monoisotopic (exact) mass is 213 g/mol. The lowest BCUT2D eigenvalue weighted by Gasteiger charge is -2.19. The smallest absolute Gasteiger partial charge is 0.00772 e. The summed E-state index contributed by atoms with van der Waals surface area (Å²) in [4.78, 5) is 0. The van der Waals surface area contributed by atoms with Gasteiger partial charge in [0.25, 0.3) is 0 Å². The van der Waals surface area contributed by atoms with E-state index in [1.807, 2.05) is 0 Å². The third-order valence-electron chi connectivity index (χ3n) is 3.60. The Balaban J connectivity index is 3.34. The zero-order valence-electron chi connectivity index (χ0n) is 11.1. The minimum Gasteiger partial charge on any atom is -0.330 e. The summed E-state index contributed by atoms with van der Waals surface area (Å²) in [6.45, 7) is 7.92. The van der Waals surface area contributed by atoms with E-state index in [0.717, 1.165) is 18.4 Å². The first kappa shape index (κ1) is 15.0. The fourth-order valence-corrected chi connectivity index (χ4v) is 2.08. The van der Waals surface area contributed by atoms with Crippen LogP contribution in [0.4, 0.5) is 0 Å². The molecule has 0 aliphatic carbocycles. The van der Waals surface area contributed by atoms with Crippen molar-refractivity contribution in [3.8, 4) is 0 Å². The zero-order chi connectivity index (χ0) is 11.5. The highest BCUT2D eigenvalue weighted by atomic mass is 14.5. The van der Waals surface area contributed by atoms with Gasteiger partial charge in [-0.3, -0.25) is 0 Å². The van der Waals surface area contributed by atoms with Gasteiger partial charge in [0, 0.05) is 0 Å². The van der Waals surface area contributed by atoms with E-state index < -0.39 is 0 Å². The molecule has 2 atom stereocenters. The standard InChI is InChI=1S/C14H31N/c1-4-5-6-7-8-10-13(2)14(3)11-9-12-15/h13-14H,4-12,15H2,1-3H3. The van der Waals surface area contributed by atoms with Gasteiger partial charge in [-0.05, 0) is 31.2 Å². The number of nitrogens with two attached hydrogens (primary N) is 1. The molecule has 0 saturated heterocycles. The normalized spacial score (nSPS) is 15.2. The number of unbranched alkanes of at least 4 members (excludes halogenated alkanes) is 4. The maximum Gasteiger partial charge on any atom is -0.00772 e. The lowest BCUT2D eigenvalue weighted by molar-refractivity contribution is 0.328. The second-order valence-electron chi connectivity index (χ2n) is 5.09. The van der Waals surface area contributed by atoms with Crippen LogP contribution in [0, 0.1) is 11.8 Å². The van der Waals surface area contributed by atoms with Gasteiger partial charge in [0.15, 0.2) is 0 Å². The molecule has 0 aromatic heterocycles. The fourth-order valence-electron chi connectivity index (χ4n) is 2.08. The van der Waals surface area contributed by atoms with Crippen molar-refractivity contribution in [2.75, 3.05) is 6.54 Å². The molecule has 15 heavy (non-hydrogen) atoms. The Morgan fingerprint density at radius 1 is 0.800 bits per heavy atom. The average Bonchev–Trinajstić information content (AvgIpc) is 2.25. The third-order valence-corrected chi connectivity index (χ3v) is 3.60. The van der Waals surface area contributed by atoms with Crippen LogP contribution in [-0.4, -0.2) is 6.54 Å². The summed E-state index contributed by atoms with van der Waals surface area (Å²) in [7, 11) is 0. The average molecular weight is 213 g/mol. The summed E-state index contributed by atoms with van der Waals surface area (Å²) >= 11 is 0. The first-order valence-electron chi connectivity index (χ1n) is 6.92. The Labute approximate surface area is 96.8 Å². The van der Waals surface area contributed by atoms with Crippen LogP contribution in [-0.2, 0) is 0 Å². The Morgan fingerprint density at radius 3 is 1.87 bits per heavy atom. The van der Waals surface area contributed by atoms with Crippen molar-refractivity contribution in [1.82, 2.24) is 0 Å². The largest absolute Gasteiger partial charge is 0.330 e. The minimum absolute atomic E-state index is 0.855. The molecule has 2 unspecified atom stereocenters. The van der Waals surface area contributed by atoms with Crippen molar-refractivity contribution >= 4 is 0 Å². The molecule has 0 rings (SSSR count). The van der Waals surface area contributed by atoms with Crippen molar-refractivity contribution in [3.63, 3.8) is 0 Å². The van der Waals surface area contributed by atoms with Crippen molar-refractivity contribution < 1.29 is 0 Å². The molecule has 0 fully saturated rings. The minimum atomic E-state index is 0.855. The Bertz CT molecular complexity index is 123. The van der Waals surface area contributed by atoms with E-state index in [-0.39, 0.29) is 0 Å². The van der Waals surface area contributed by atoms with Gasteiger partial charge in [-0.25, -0.2) is 0 Å². The molecule has 0 radical (unpaired) electrons. The van der Waals surface area contributed by atoms with Gasteiger partial charge in [-0.15, -0.1) is 0 Å². The van der Waals surface area contributed by atoms with Crippen LogP contribution >= 0.6 is 0 Å². The Morgan fingerprint density at radius 2 is 1.33 bits per heavy atom. The van der Waals surface area contributed by atoms with Crippen LogP contribution in [0.15, 0.2) is 0 Å². The molecule has 0 aromatic carbocycles. The highest BCUT2D eigenvalue weighted by Gasteiger charge is 2.10. The van der Waals surface area contributed by atoms with Gasteiger partial charge in [-0.2, -0.15) is 0 Å². The van der Waals surface area contributed by atoms with E-state index in [2.05, 4.69) is 20.8 Å². The van der Waals surface area contributed by atoms with Gasteiger partial charge in [0.05, 0.1) is 0 Å². The van der Waals surface area contributed by atoms with Crippen LogP contribution in [0.25, 0.3) is 0 Å². The van der Waals surface area contributed by atoms with Gasteiger partial charge < -0.3 is 5.73 Å². The number of hydrogen-bond donors (Lipinski definition) is 1. The van der Waals surface area contributed by atoms with Crippen molar-refractivity contribution in [2.24, 2.45) is 17.6 Å². The zero-order valence-corrected chi connectivity index (χ0v) is 11.1. The summed E-state index contributed by atoms with van der Waals surface area (Å²) in [5.41, 5.74) is 5.53. The van der Waals surface area contributed by atoms with Crippen LogP contribution < -0.4 is 5.73 Å². The van der Waals surface area contributed by atoms with E-state index in [1.165, 1.54) is 51.4 Å². The molecule has 1 nitrogen and oxygen atoms in total. The van der Waals surface area contributed by atoms with E-state index in [1.54, 1.807) is 0 Å². The molecule has 0 amide bonds. The van der Waals surface area contributed by atoms with E-state index in [0.29, 0.717) is 0 Å². The molecule has 2 N–H and O–H groups in total. The first-order chi connectivity index (χ1) is 7.22. The summed E-state index contributed by atoms with van der Waals surface area (Å²) in [5, 5.41) is 0. The summed E-state index contributed by atoms with van der Waals surface area (Å²) in [5.74, 6) is 1.75. The predicted molar refractivity (Wildman–Crippen MR) is 70.0 cm³/mol. The van der Waals surface area contributed by atoms with Crippen LogP contribution in [0.2, 0.25) is 0 Å². The fraction of sp³-hybridized carbons (Fsp3) is 1.00. The Kier molecular flexibility index (Phi) is 10.4. The number of rotatable bonds is 10. The predicted octanol–water partition coefficient (Wildman–Crippen LogP) is 4.36. The van der Waals surface area contributed by atoms with Crippen molar-refractivity contribution in [3.05, 3.63) is 0 Å². The number of hydrogen-bond acceptors (Lipinski definition) is 1. The highest BCUT2D eigenvalue weighted by molar-refractivity contribution is 4.62. The summed E-state index contributed by atoms with van der Waals surface area (Å²) in [6, 6.07) is 0. The van der Waals surface area contributed by atoms with Crippen LogP contribution in [0.1, 0.15) is 72.1 Å². The van der Waals surface area contributed by atoms with Gasteiger partial charge in [0.2, 0.25) is 0 Å². The SMILES string of the molecule is CCCCCCCC(C)C(C)CCCN. The molecule has 1 heteroatoms. The molecule has 0 aromatic rings. The van der Waals surface area contributed by atoms with Crippen molar-refractivity contribution in [1.29, 1.82) is 0 Å². The molecule has 0 aliphatic heterocycles. The molecule has 0 saturated carbocycles. The van der Waals surface area contributed by atoms with E-state index >= 15 is 0 Å². The molecule has 0 aliphatic rings. The Hall–Kier alpha value is -0.0400. The van der Waals surface area contributed by atoms with E-state index in [9.17, 15) is 0 Å². The van der Waals surface area contributed by atoms with Gasteiger partial charge in [0.1, 0.15) is 0 Å². The molecule has 92 valence electrons. The quantitative estimate of drug-likeness (QED) is 0.536. The maximum atomic E-state index is 5.53. The van der Waals surface area contributed by atoms with Gasteiger partial charge in [-0.1, -0.05) is 59.3 Å². The summed E-state index contributed by atoms with van der Waals surface area (Å²) in [6.07, 6.45) is 11.0. The molecule has 0 spiro atoms. The molecular weight excluding hydrogens is 182 g/mol. The van der Waals surface area contributed by atoms with Crippen LogP contribution in [0.5, 0.6) is 0 Å². The lowest BCUT2D eigenvalue weighted by atomic mass is 9.87. The highest BCUT2D eigenvalue weighted by Crippen LogP contribution is 2.22. The third kappa shape index (κ3) is 8.92. The second-order valence-corrected chi connectivity index (χ2v) is 5.09. The molecule has 0 heterocycles. The van der Waals surface area contributed by atoms with Crippen molar-refractivity contribution in [2.45, 2.75) is 72.1 Å². The first-order valence-corrected chi connectivity index (χ1v) is 6.92. The maximum absolute atomic E-state index is 5.53. The van der Waals surface area contributed by atoms with E-state index in [4.69, 9.17) is 5.73 Å².